The van der Waals surface area contributed by atoms with Crippen molar-refractivity contribution in [2.45, 2.75) is 6.54 Å². The minimum atomic E-state index is -0.465. The third-order valence-corrected chi connectivity index (χ3v) is 2.90. The van der Waals surface area contributed by atoms with E-state index in [1.807, 2.05) is 18.3 Å². The Labute approximate surface area is 104 Å². The molecule has 18 heavy (non-hydrogen) atoms. The van der Waals surface area contributed by atoms with Crippen LogP contribution in [0.2, 0.25) is 0 Å². The van der Waals surface area contributed by atoms with Crippen molar-refractivity contribution in [2.75, 3.05) is 5.32 Å². The second kappa shape index (κ2) is 4.49. The van der Waals surface area contributed by atoms with Gasteiger partial charge in [-0.1, -0.05) is 12.1 Å². The van der Waals surface area contributed by atoms with Crippen LogP contribution in [0, 0.1) is 5.95 Å². The Balaban J connectivity index is 1.80. The van der Waals surface area contributed by atoms with Crippen LogP contribution in [0.4, 0.5) is 10.1 Å². The normalized spacial score (nSPS) is 10.7. The number of hydrogen-bond acceptors (Lipinski definition) is 2. The van der Waals surface area contributed by atoms with Gasteiger partial charge in [0.2, 0.25) is 5.95 Å². The molecule has 0 bridgehead atoms. The molecule has 0 aliphatic rings. The molecule has 0 radical (unpaired) electrons. The summed E-state index contributed by atoms with van der Waals surface area (Å²) in [6.07, 6.45) is 3.42. The summed E-state index contributed by atoms with van der Waals surface area (Å²) in [6, 6.07) is 11.2. The molecule has 0 saturated carbocycles. The van der Waals surface area contributed by atoms with Gasteiger partial charge in [0, 0.05) is 23.6 Å². The smallest absolute Gasteiger partial charge is 0.212 e. The summed E-state index contributed by atoms with van der Waals surface area (Å²) in [6.45, 7) is 0.683. The molecule has 2 heterocycles. The van der Waals surface area contributed by atoms with Crippen molar-refractivity contribution in [1.29, 1.82) is 0 Å². The monoisotopic (exact) mass is 241 g/mol. The molecule has 0 unspecified atom stereocenters. The molecule has 0 aliphatic heterocycles. The quantitative estimate of drug-likeness (QED) is 0.691. The number of rotatable bonds is 3. The first-order valence-corrected chi connectivity index (χ1v) is 5.73. The van der Waals surface area contributed by atoms with Crippen molar-refractivity contribution in [3.63, 3.8) is 0 Å². The SMILES string of the molecule is Fc1ccc(NCc2cccc3[nH]ccc23)cn1. The summed E-state index contributed by atoms with van der Waals surface area (Å²) in [4.78, 5) is 6.78. The second-order valence-corrected chi connectivity index (χ2v) is 4.08. The van der Waals surface area contributed by atoms with Gasteiger partial charge in [-0.3, -0.25) is 0 Å². The van der Waals surface area contributed by atoms with Crippen molar-refractivity contribution in [1.82, 2.24) is 9.97 Å². The Bertz CT molecular complexity index is 658. The Morgan fingerprint density at radius 3 is 2.94 bits per heavy atom. The van der Waals surface area contributed by atoms with Crippen LogP contribution in [0.15, 0.2) is 48.8 Å². The highest BCUT2D eigenvalue weighted by molar-refractivity contribution is 5.83. The van der Waals surface area contributed by atoms with Gasteiger partial charge in [0.25, 0.3) is 0 Å². The molecule has 0 fully saturated rings. The molecule has 2 N–H and O–H groups in total. The molecule has 0 atom stereocenters. The number of nitrogens with one attached hydrogen (secondary N) is 2. The maximum atomic E-state index is 12.7. The number of benzene rings is 1. The lowest BCUT2D eigenvalue weighted by Gasteiger charge is -2.07. The fraction of sp³-hybridized carbons (Fsp3) is 0.0714. The van der Waals surface area contributed by atoms with Crippen LogP contribution in [0.1, 0.15) is 5.56 Å². The Morgan fingerprint density at radius 1 is 1.17 bits per heavy atom. The lowest BCUT2D eigenvalue weighted by Crippen LogP contribution is -2.00. The van der Waals surface area contributed by atoms with Crippen molar-refractivity contribution < 1.29 is 4.39 Å². The summed E-state index contributed by atoms with van der Waals surface area (Å²) >= 11 is 0. The van der Waals surface area contributed by atoms with Crippen LogP contribution < -0.4 is 5.32 Å². The molecule has 0 amide bonds. The molecule has 1 aromatic carbocycles. The molecule has 0 spiro atoms. The number of aromatic nitrogens is 2. The van der Waals surface area contributed by atoms with Crippen LogP contribution in [-0.4, -0.2) is 9.97 Å². The zero-order chi connectivity index (χ0) is 12.4. The second-order valence-electron chi connectivity index (χ2n) is 4.08. The van der Waals surface area contributed by atoms with E-state index in [0.29, 0.717) is 6.54 Å². The van der Waals surface area contributed by atoms with Gasteiger partial charge in [0.15, 0.2) is 0 Å². The molecule has 2 aromatic heterocycles. The minimum Gasteiger partial charge on any atom is -0.380 e. The van der Waals surface area contributed by atoms with E-state index in [1.165, 1.54) is 23.2 Å². The molecular formula is C14H12FN3. The number of aromatic amines is 1. The number of H-pyrrole nitrogens is 1. The lowest BCUT2D eigenvalue weighted by atomic mass is 10.1. The van der Waals surface area contributed by atoms with Crippen molar-refractivity contribution in [3.05, 3.63) is 60.3 Å². The standard InChI is InChI=1S/C14H12FN3/c15-14-5-4-11(9-18-14)17-8-10-2-1-3-13-12(10)6-7-16-13/h1-7,9,16-17H,8H2. The van der Waals surface area contributed by atoms with E-state index in [9.17, 15) is 4.39 Å². The Hall–Kier alpha value is -2.36. The first-order valence-electron chi connectivity index (χ1n) is 5.73. The van der Waals surface area contributed by atoms with E-state index in [1.54, 1.807) is 6.07 Å². The maximum Gasteiger partial charge on any atom is 0.212 e. The third kappa shape index (κ3) is 2.05. The van der Waals surface area contributed by atoms with Gasteiger partial charge in [0.1, 0.15) is 0 Å². The summed E-state index contributed by atoms with van der Waals surface area (Å²) in [5.41, 5.74) is 3.12. The van der Waals surface area contributed by atoms with E-state index in [-0.39, 0.29) is 0 Å². The van der Waals surface area contributed by atoms with Gasteiger partial charge < -0.3 is 10.3 Å². The highest BCUT2D eigenvalue weighted by atomic mass is 19.1. The number of hydrogen-bond donors (Lipinski definition) is 2. The molecule has 3 nitrogen and oxygen atoms in total. The van der Waals surface area contributed by atoms with Gasteiger partial charge in [-0.15, -0.1) is 0 Å². The van der Waals surface area contributed by atoms with E-state index >= 15 is 0 Å². The summed E-state index contributed by atoms with van der Waals surface area (Å²) in [7, 11) is 0. The number of anilines is 1. The van der Waals surface area contributed by atoms with E-state index < -0.39 is 5.95 Å². The Morgan fingerprint density at radius 2 is 2.11 bits per heavy atom. The summed E-state index contributed by atoms with van der Waals surface area (Å²) in [5, 5.41) is 4.42. The highest BCUT2D eigenvalue weighted by Crippen LogP contribution is 2.18. The van der Waals surface area contributed by atoms with Crippen molar-refractivity contribution >= 4 is 16.6 Å². The summed E-state index contributed by atoms with van der Waals surface area (Å²) in [5.74, 6) is -0.465. The van der Waals surface area contributed by atoms with E-state index in [4.69, 9.17) is 0 Å². The van der Waals surface area contributed by atoms with Crippen LogP contribution in [0.25, 0.3) is 10.9 Å². The largest absolute Gasteiger partial charge is 0.380 e. The number of halogens is 1. The highest BCUT2D eigenvalue weighted by Gasteiger charge is 2.01. The van der Waals surface area contributed by atoms with Gasteiger partial charge >= 0.3 is 0 Å². The fourth-order valence-electron chi connectivity index (χ4n) is 1.98. The van der Waals surface area contributed by atoms with Crippen molar-refractivity contribution in [2.24, 2.45) is 0 Å². The zero-order valence-corrected chi connectivity index (χ0v) is 9.65. The van der Waals surface area contributed by atoms with Gasteiger partial charge in [0.05, 0.1) is 11.9 Å². The zero-order valence-electron chi connectivity index (χ0n) is 9.65. The average Bonchev–Trinajstić information content (AvgIpc) is 2.87. The van der Waals surface area contributed by atoms with Crippen LogP contribution in [-0.2, 0) is 6.54 Å². The minimum absolute atomic E-state index is 0.465. The molecule has 0 aliphatic carbocycles. The van der Waals surface area contributed by atoms with Gasteiger partial charge in [-0.05, 0) is 29.8 Å². The van der Waals surface area contributed by atoms with Crippen LogP contribution in [0.3, 0.4) is 0 Å². The molecule has 4 heteroatoms. The molecule has 0 saturated heterocycles. The average molecular weight is 241 g/mol. The number of pyridine rings is 1. The van der Waals surface area contributed by atoms with Crippen LogP contribution in [0.5, 0.6) is 0 Å². The first-order chi connectivity index (χ1) is 8.83. The molecular weight excluding hydrogens is 229 g/mol. The summed E-state index contributed by atoms with van der Waals surface area (Å²) < 4.78 is 12.7. The topological polar surface area (TPSA) is 40.7 Å². The fourth-order valence-corrected chi connectivity index (χ4v) is 1.98. The predicted molar refractivity (Wildman–Crippen MR) is 69.8 cm³/mol. The number of fused-ring (bicyclic) bond motifs is 1. The van der Waals surface area contributed by atoms with Gasteiger partial charge in [-0.25, -0.2) is 4.98 Å². The van der Waals surface area contributed by atoms with Crippen LogP contribution >= 0.6 is 0 Å². The molecule has 3 rings (SSSR count). The maximum absolute atomic E-state index is 12.7. The predicted octanol–water partition coefficient (Wildman–Crippen LogP) is 3.31. The van der Waals surface area contributed by atoms with E-state index in [2.05, 4.69) is 27.4 Å². The van der Waals surface area contributed by atoms with Gasteiger partial charge in [-0.2, -0.15) is 4.39 Å². The first kappa shape index (κ1) is 10.8. The third-order valence-electron chi connectivity index (χ3n) is 2.90. The van der Waals surface area contributed by atoms with Crippen molar-refractivity contribution in [3.8, 4) is 0 Å². The van der Waals surface area contributed by atoms with E-state index in [0.717, 1.165) is 11.2 Å². The molecule has 90 valence electrons. The number of nitrogens with zero attached hydrogens (tertiary/aromatic N) is 1. The Kier molecular flexibility index (Phi) is 2.68. The molecule has 3 aromatic rings. The lowest BCUT2D eigenvalue weighted by molar-refractivity contribution is 0.584.